The fraction of sp³-hybridized carbons (Fsp3) is 0.115. The number of para-hydroxylation sites is 1. The highest BCUT2D eigenvalue weighted by Gasteiger charge is 2.36. The van der Waals surface area contributed by atoms with E-state index < -0.39 is 29.5 Å². The number of hydrogen-bond acceptors (Lipinski definition) is 4. The molecular weight excluding hydrogens is 463 g/mol. The summed E-state index contributed by atoms with van der Waals surface area (Å²) >= 11 is 0. The standard InChI is InChI=1S/C23H17F5N4.C3H6/c1-12(16-10-13(24)11-18(25)20(16)29)30-22-15-7-3-5-9-19(15)31-21(32-22)14-6-2-4-8-17(14)23(26,27)28;1-3-2/h2-11,21,31H,1,29H2,(H,30,32);3H,1H2,2H3. The Kier molecular flexibility index (Phi) is 7.58. The number of alkyl halides is 3. The fourth-order valence-corrected chi connectivity index (χ4v) is 3.48. The molecule has 4 N–H and O–H groups in total. The van der Waals surface area contributed by atoms with Crippen LogP contribution in [-0.4, -0.2) is 5.84 Å². The topological polar surface area (TPSA) is 62.4 Å². The zero-order valence-corrected chi connectivity index (χ0v) is 18.8. The Morgan fingerprint density at radius 2 is 1.71 bits per heavy atom. The lowest BCUT2D eigenvalue weighted by atomic mass is 10.0. The van der Waals surface area contributed by atoms with Gasteiger partial charge in [0.15, 0.2) is 0 Å². The van der Waals surface area contributed by atoms with Crippen LogP contribution in [0.1, 0.15) is 35.3 Å². The molecule has 1 aliphatic heterocycles. The van der Waals surface area contributed by atoms with Gasteiger partial charge in [-0.1, -0.05) is 43.0 Å². The second-order valence-corrected chi connectivity index (χ2v) is 7.52. The molecule has 0 saturated carbocycles. The van der Waals surface area contributed by atoms with Gasteiger partial charge in [0.05, 0.1) is 11.3 Å². The van der Waals surface area contributed by atoms with Gasteiger partial charge in [0.25, 0.3) is 0 Å². The molecule has 4 rings (SSSR count). The number of anilines is 2. The van der Waals surface area contributed by atoms with Gasteiger partial charge in [-0.15, -0.1) is 6.58 Å². The Labute approximate surface area is 199 Å². The molecule has 0 aliphatic carbocycles. The van der Waals surface area contributed by atoms with Crippen molar-refractivity contribution in [3.63, 3.8) is 0 Å². The molecule has 0 amide bonds. The van der Waals surface area contributed by atoms with Gasteiger partial charge in [0, 0.05) is 34.1 Å². The van der Waals surface area contributed by atoms with E-state index in [2.05, 4.69) is 28.8 Å². The summed E-state index contributed by atoms with van der Waals surface area (Å²) in [5.74, 6) is -1.62. The molecule has 3 aromatic rings. The summed E-state index contributed by atoms with van der Waals surface area (Å²) in [5.41, 5.74) is 5.60. The van der Waals surface area contributed by atoms with Crippen molar-refractivity contribution >= 4 is 22.9 Å². The number of rotatable bonds is 3. The Bertz CT molecular complexity index is 1280. The van der Waals surface area contributed by atoms with Crippen LogP contribution in [0.3, 0.4) is 0 Å². The van der Waals surface area contributed by atoms with Crippen molar-refractivity contribution in [1.82, 2.24) is 5.32 Å². The zero-order chi connectivity index (χ0) is 25.8. The summed E-state index contributed by atoms with van der Waals surface area (Å²) in [5, 5.41) is 5.86. The fourth-order valence-electron chi connectivity index (χ4n) is 3.48. The molecule has 1 unspecified atom stereocenters. The van der Waals surface area contributed by atoms with Crippen LogP contribution in [0.4, 0.5) is 33.3 Å². The molecule has 3 aromatic carbocycles. The van der Waals surface area contributed by atoms with Crippen molar-refractivity contribution in [3.05, 3.63) is 114 Å². The van der Waals surface area contributed by atoms with Crippen LogP contribution in [0, 0.1) is 11.6 Å². The van der Waals surface area contributed by atoms with E-state index in [1.165, 1.54) is 18.2 Å². The number of nitrogens with one attached hydrogen (secondary N) is 2. The number of hydrogen-bond donors (Lipinski definition) is 3. The maximum absolute atomic E-state index is 13.9. The lowest BCUT2D eigenvalue weighted by Gasteiger charge is -2.28. The molecule has 1 heterocycles. The molecule has 0 fully saturated rings. The zero-order valence-electron chi connectivity index (χ0n) is 18.8. The number of amidine groups is 1. The summed E-state index contributed by atoms with van der Waals surface area (Å²) in [6.45, 7) is 9.03. The minimum Gasteiger partial charge on any atom is -0.396 e. The number of nitrogens with zero attached hydrogens (tertiary/aromatic N) is 1. The van der Waals surface area contributed by atoms with Crippen LogP contribution in [0.5, 0.6) is 0 Å². The van der Waals surface area contributed by atoms with Crippen molar-refractivity contribution in [2.45, 2.75) is 19.3 Å². The monoisotopic (exact) mass is 486 g/mol. The molecule has 0 spiro atoms. The van der Waals surface area contributed by atoms with Crippen LogP contribution in [-0.2, 0) is 6.18 Å². The highest BCUT2D eigenvalue weighted by atomic mass is 19.4. The second-order valence-electron chi connectivity index (χ2n) is 7.52. The first-order valence-corrected chi connectivity index (χ1v) is 10.4. The predicted octanol–water partition coefficient (Wildman–Crippen LogP) is 6.89. The van der Waals surface area contributed by atoms with Crippen molar-refractivity contribution in [2.24, 2.45) is 4.99 Å². The average molecular weight is 486 g/mol. The van der Waals surface area contributed by atoms with E-state index >= 15 is 0 Å². The van der Waals surface area contributed by atoms with E-state index in [-0.39, 0.29) is 28.3 Å². The Balaban J connectivity index is 0.00000108. The smallest absolute Gasteiger partial charge is 0.396 e. The molecule has 0 aromatic heterocycles. The van der Waals surface area contributed by atoms with Gasteiger partial charge in [-0.2, -0.15) is 13.2 Å². The van der Waals surface area contributed by atoms with Gasteiger partial charge in [0.2, 0.25) is 0 Å². The van der Waals surface area contributed by atoms with Gasteiger partial charge in [-0.3, -0.25) is 0 Å². The van der Waals surface area contributed by atoms with Crippen LogP contribution in [0.15, 0.2) is 84.9 Å². The molecule has 4 nitrogen and oxygen atoms in total. The first-order valence-electron chi connectivity index (χ1n) is 10.4. The van der Waals surface area contributed by atoms with E-state index in [0.717, 1.165) is 12.1 Å². The quantitative estimate of drug-likeness (QED) is 0.215. The van der Waals surface area contributed by atoms with E-state index in [0.29, 0.717) is 17.3 Å². The first-order chi connectivity index (χ1) is 16.6. The van der Waals surface area contributed by atoms with Gasteiger partial charge in [0.1, 0.15) is 23.6 Å². The number of nitrogens with two attached hydrogens (primary N) is 1. The highest BCUT2D eigenvalue weighted by Crippen LogP contribution is 2.38. The van der Waals surface area contributed by atoms with Crippen LogP contribution in [0.25, 0.3) is 5.70 Å². The van der Waals surface area contributed by atoms with Crippen molar-refractivity contribution < 1.29 is 22.0 Å². The minimum atomic E-state index is -4.57. The Morgan fingerprint density at radius 3 is 2.40 bits per heavy atom. The van der Waals surface area contributed by atoms with Gasteiger partial charge >= 0.3 is 6.18 Å². The van der Waals surface area contributed by atoms with Crippen molar-refractivity contribution in [3.8, 4) is 0 Å². The van der Waals surface area contributed by atoms with Gasteiger partial charge in [-0.25, -0.2) is 13.8 Å². The number of halogens is 5. The molecular formula is C26H23F5N4. The summed E-state index contributed by atoms with van der Waals surface area (Å²) in [6, 6.07) is 13.6. The molecule has 1 atom stereocenters. The predicted molar refractivity (Wildman–Crippen MR) is 130 cm³/mol. The summed E-state index contributed by atoms with van der Waals surface area (Å²) in [7, 11) is 0. The molecule has 1 aliphatic rings. The lowest BCUT2D eigenvalue weighted by molar-refractivity contribution is -0.138. The third-order valence-corrected chi connectivity index (χ3v) is 4.98. The SMILES string of the molecule is C=C(NC1=NC(c2ccccc2C(F)(F)F)Nc2ccccc21)c1cc(F)cc(F)c1N.C=CC. The van der Waals surface area contributed by atoms with E-state index in [1.54, 1.807) is 30.3 Å². The first kappa shape index (κ1) is 25.5. The maximum atomic E-state index is 13.9. The molecule has 0 saturated heterocycles. The normalized spacial score (nSPS) is 14.5. The number of allylic oxidation sites excluding steroid dienone is 1. The average Bonchev–Trinajstić information content (AvgIpc) is 2.81. The van der Waals surface area contributed by atoms with Crippen LogP contribution >= 0.6 is 0 Å². The Hall–Kier alpha value is -4.14. The number of benzene rings is 3. The van der Waals surface area contributed by atoms with E-state index in [1.807, 2.05) is 6.92 Å². The van der Waals surface area contributed by atoms with Crippen LogP contribution in [0.2, 0.25) is 0 Å². The summed E-state index contributed by atoms with van der Waals surface area (Å²) in [6.07, 6.45) is -3.89. The Morgan fingerprint density at radius 1 is 1.09 bits per heavy atom. The third-order valence-electron chi connectivity index (χ3n) is 4.98. The minimum absolute atomic E-state index is 0.0199. The summed E-state index contributed by atoms with van der Waals surface area (Å²) < 4.78 is 68.3. The summed E-state index contributed by atoms with van der Waals surface area (Å²) in [4.78, 5) is 4.41. The van der Waals surface area contributed by atoms with E-state index in [4.69, 9.17) is 5.73 Å². The largest absolute Gasteiger partial charge is 0.416 e. The van der Waals surface area contributed by atoms with Gasteiger partial charge in [-0.05, 0) is 31.2 Å². The van der Waals surface area contributed by atoms with E-state index in [9.17, 15) is 22.0 Å². The third kappa shape index (κ3) is 5.68. The molecule has 9 heteroatoms. The lowest BCUT2D eigenvalue weighted by Crippen LogP contribution is -2.30. The number of nitrogen functional groups attached to an aromatic ring is 1. The molecule has 0 bridgehead atoms. The maximum Gasteiger partial charge on any atom is 0.416 e. The van der Waals surface area contributed by atoms with Gasteiger partial charge < -0.3 is 16.4 Å². The molecule has 35 heavy (non-hydrogen) atoms. The van der Waals surface area contributed by atoms with Crippen molar-refractivity contribution in [1.29, 1.82) is 0 Å². The number of aliphatic imine (C=N–C) groups is 1. The molecule has 182 valence electrons. The second kappa shape index (κ2) is 10.4. The van der Waals surface area contributed by atoms with Crippen LogP contribution < -0.4 is 16.4 Å². The molecule has 0 radical (unpaired) electrons. The highest BCUT2D eigenvalue weighted by molar-refractivity contribution is 6.08. The van der Waals surface area contributed by atoms with Crippen molar-refractivity contribution in [2.75, 3.05) is 11.1 Å². The number of fused-ring (bicyclic) bond motifs is 1.